The van der Waals surface area contributed by atoms with Crippen molar-refractivity contribution in [3.05, 3.63) is 0 Å². The standard InChI is InChI=1S/C8H14NO2/c1-2-11-7(10)8(6-9)4-3-5-8/h9H,2-6H2,1H3. The van der Waals surface area contributed by atoms with Gasteiger partial charge in [-0.3, -0.25) is 10.5 Å². The van der Waals surface area contributed by atoms with Gasteiger partial charge >= 0.3 is 5.97 Å². The second kappa shape index (κ2) is 3.22. The van der Waals surface area contributed by atoms with Crippen molar-refractivity contribution in [2.24, 2.45) is 5.41 Å². The third-order valence-corrected chi connectivity index (χ3v) is 2.36. The highest BCUT2D eigenvalue weighted by Crippen LogP contribution is 2.41. The average molecular weight is 156 g/mol. The minimum Gasteiger partial charge on any atom is -0.466 e. The van der Waals surface area contributed by atoms with Gasteiger partial charge < -0.3 is 4.74 Å². The lowest BCUT2D eigenvalue weighted by molar-refractivity contribution is -0.160. The summed E-state index contributed by atoms with van der Waals surface area (Å²) in [4.78, 5) is 11.2. The SMILES string of the molecule is CCOC(=O)C1(C[NH])CCC1. The zero-order valence-corrected chi connectivity index (χ0v) is 6.85. The fraction of sp³-hybridized carbons (Fsp3) is 0.875. The highest BCUT2D eigenvalue weighted by atomic mass is 16.5. The summed E-state index contributed by atoms with van der Waals surface area (Å²) in [6.45, 7) is 2.42. The van der Waals surface area contributed by atoms with Crippen LogP contribution in [0.3, 0.4) is 0 Å². The smallest absolute Gasteiger partial charge is 0.313 e. The first-order chi connectivity index (χ1) is 5.25. The summed E-state index contributed by atoms with van der Waals surface area (Å²) >= 11 is 0. The van der Waals surface area contributed by atoms with Gasteiger partial charge in [0.2, 0.25) is 0 Å². The molecule has 1 rings (SSSR count). The number of esters is 1. The Morgan fingerprint density at radius 1 is 1.64 bits per heavy atom. The molecule has 1 aliphatic rings. The van der Waals surface area contributed by atoms with Gasteiger partial charge in [0.1, 0.15) is 0 Å². The zero-order chi connectivity index (χ0) is 8.32. The molecule has 0 heterocycles. The number of hydrogen-bond acceptors (Lipinski definition) is 2. The molecule has 0 spiro atoms. The quantitative estimate of drug-likeness (QED) is 0.572. The molecule has 11 heavy (non-hydrogen) atoms. The third kappa shape index (κ3) is 1.38. The van der Waals surface area contributed by atoms with Gasteiger partial charge in [-0.1, -0.05) is 6.42 Å². The molecule has 0 bridgehead atoms. The van der Waals surface area contributed by atoms with E-state index in [1.807, 2.05) is 0 Å². The molecule has 1 aliphatic carbocycles. The summed E-state index contributed by atoms with van der Waals surface area (Å²) in [5.41, 5.74) is 6.80. The van der Waals surface area contributed by atoms with Crippen LogP contribution < -0.4 is 5.73 Å². The van der Waals surface area contributed by atoms with E-state index in [4.69, 9.17) is 10.5 Å². The van der Waals surface area contributed by atoms with Crippen molar-refractivity contribution in [2.45, 2.75) is 26.2 Å². The normalized spacial score (nSPS) is 20.5. The molecule has 3 nitrogen and oxygen atoms in total. The molecule has 3 heteroatoms. The van der Waals surface area contributed by atoms with E-state index in [1.54, 1.807) is 6.92 Å². The molecular weight excluding hydrogens is 142 g/mol. The Morgan fingerprint density at radius 2 is 2.27 bits per heavy atom. The lowest BCUT2D eigenvalue weighted by Gasteiger charge is -2.37. The van der Waals surface area contributed by atoms with Crippen molar-refractivity contribution < 1.29 is 9.53 Å². The summed E-state index contributed by atoms with van der Waals surface area (Å²) in [5.74, 6) is -0.166. The summed E-state index contributed by atoms with van der Waals surface area (Å²) in [7, 11) is 0. The topological polar surface area (TPSA) is 50.1 Å². The molecule has 0 amide bonds. The van der Waals surface area contributed by atoms with E-state index in [1.165, 1.54) is 0 Å². The maximum absolute atomic E-state index is 11.2. The van der Waals surface area contributed by atoms with E-state index in [0.29, 0.717) is 6.61 Å². The zero-order valence-electron chi connectivity index (χ0n) is 6.85. The minimum absolute atomic E-state index is 0.166. The van der Waals surface area contributed by atoms with E-state index < -0.39 is 5.41 Å². The fourth-order valence-electron chi connectivity index (χ4n) is 1.34. The Hall–Kier alpha value is -0.570. The Morgan fingerprint density at radius 3 is 2.55 bits per heavy atom. The third-order valence-electron chi connectivity index (χ3n) is 2.36. The van der Waals surface area contributed by atoms with E-state index in [2.05, 4.69) is 0 Å². The molecule has 0 atom stereocenters. The van der Waals surface area contributed by atoms with E-state index in [-0.39, 0.29) is 12.5 Å². The van der Waals surface area contributed by atoms with Crippen LogP contribution in [0.5, 0.6) is 0 Å². The van der Waals surface area contributed by atoms with Crippen LogP contribution in [0.4, 0.5) is 0 Å². The molecule has 0 aromatic heterocycles. The Balaban J connectivity index is 2.47. The summed E-state index contributed by atoms with van der Waals surface area (Å²) in [6.07, 6.45) is 2.75. The molecule has 1 radical (unpaired) electrons. The van der Waals surface area contributed by atoms with E-state index in [0.717, 1.165) is 19.3 Å². The number of hydrogen-bond donors (Lipinski definition) is 0. The number of nitrogens with one attached hydrogen (secondary N) is 1. The number of ether oxygens (including phenoxy) is 1. The molecule has 63 valence electrons. The van der Waals surface area contributed by atoms with Crippen molar-refractivity contribution in [1.82, 2.24) is 5.73 Å². The minimum atomic E-state index is -0.421. The van der Waals surface area contributed by atoms with Gasteiger partial charge in [0.05, 0.1) is 12.0 Å². The lowest BCUT2D eigenvalue weighted by atomic mass is 9.69. The first-order valence-corrected chi connectivity index (χ1v) is 4.07. The number of carbonyl (C=O) groups excluding carboxylic acids is 1. The number of rotatable bonds is 3. The number of carbonyl (C=O) groups is 1. The van der Waals surface area contributed by atoms with Crippen LogP contribution in [-0.2, 0) is 9.53 Å². The first-order valence-electron chi connectivity index (χ1n) is 4.07. The fourth-order valence-corrected chi connectivity index (χ4v) is 1.34. The molecule has 0 aromatic carbocycles. The monoisotopic (exact) mass is 156 g/mol. The molecular formula is C8H14NO2. The van der Waals surface area contributed by atoms with Crippen molar-refractivity contribution in [3.63, 3.8) is 0 Å². The Labute approximate surface area is 66.9 Å². The summed E-state index contributed by atoms with van der Waals surface area (Å²) in [6, 6.07) is 0. The van der Waals surface area contributed by atoms with Gasteiger partial charge in [-0.05, 0) is 19.8 Å². The van der Waals surface area contributed by atoms with E-state index >= 15 is 0 Å². The van der Waals surface area contributed by atoms with Crippen LogP contribution in [0.25, 0.3) is 0 Å². The van der Waals surface area contributed by atoms with Gasteiger partial charge in [0, 0.05) is 6.54 Å². The second-order valence-corrected chi connectivity index (χ2v) is 3.03. The first kappa shape index (κ1) is 8.53. The molecule has 1 saturated carbocycles. The van der Waals surface area contributed by atoms with Crippen LogP contribution in [0.15, 0.2) is 0 Å². The van der Waals surface area contributed by atoms with Crippen molar-refractivity contribution >= 4 is 5.97 Å². The van der Waals surface area contributed by atoms with Gasteiger partial charge in [0.25, 0.3) is 0 Å². The highest BCUT2D eigenvalue weighted by Gasteiger charge is 2.44. The van der Waals surface area contributed by atoms with Gasteiger partial charge in [-0.15, -0.1) is 0 Å². The molecule has 0 unspecified atom stereocenters. The summed E-state index contributed by atoms with van der Waals surface area (Å²) in [5, 5.41) is 0. The maximum atomic E-state index is 11.2. The van der Waals surface area contributed by atoms with Crippen molar-refractivity contribution in [3.8, 4) is 0 Å². The largest absolute Gasteiger partial charge is 0.466 e. The molecule has 0 saturated heterocycles. The second-order valence-electron chi connectivity index (χ2n) is 3.03. The average Bonchev–Trinajstić information content (AvgIpc) is 1.87. The summed E-state index contributed by atoms with van der Waals surface area (Å²) < 4.78 is 4.88. The molecule has 0 aliphatic heterocycles. The van der Waals surface area contributed by atoms with Crippen LogP contribution in [0.1, 0.15) is 26.2 Å². The lowest BCUT2D eigenvalue weighted by Crippen LogP contribution is -2.43. The van der Waals surface area contributed by atoms with E-state index in [9.17, 15) is 4.79 Å². The van der Waals surface area contributed by atoms with Gasteiger partial charge in [-0.25, -0.2) is 0 Å². The predicted octanol–water partition coefficient (Wildman–Crippen LogP) is 1.00. The Bertz CT molecular complexity index is 147. The van der Waals surface area contributed by atoms with Crippen LogP contribution in [-0.4, -0.2) is 19.1 Å². The van der Waals surface area contributed by atoms with Crippen molar-refractivity contribution in [2.75, 3.05) is 13.2 Å². The van der Waals surface area contributed by atoms with Gasteiger partial charge in [-0.2, -0.15) is 0 Å². The molecule has 1 fully saturated rings. The molecule has 1 N–H and O–H groups in total. The molecule has 0 aromatic rings. The Kier molecular flexibility index (Phi) is 2.49. The highest BCUT2D eigenvalue weighted by molar-refractivity contribution is 5.78. The van der Waals surface area contributed by atoms with Crippen LogP contribution in [0, 0.1) is 5.41 Å². The maximum Gasteiger partial charge on any atom is 0.313 e. The van der Waals surface area contributed by atoms with Crippen molar-refractivity contribution in [1.29, 1.82) is 0 Å². The van der Waals surface area contributed by atoms with Crippen LogP contribution >= 0.6 is 0 Å². The predicted molar refractivity (Wildman–Crippen MR) is 40.9 cm³/mol. The van der Waals surface area contributed by atoms with Gasteiger partial charge in [0.15, 0.2) is 0 Å². The van der Waals surface area contributed by atoms with Crippen LogP contribution in [0.2, 0.25) is 0 Å².